The molecule has 4 nitrogen and oxygen atoms in total. The molecule has 1 heterocycles. The van der Waals surface area contributed by atoms with Crippen molar-refractivity contribution in [3.63, 3.8) is 0 Å². The Hall–Kier alpha value is -2.62. The van der Waals surface area contributed by atoms with Crippen LogP contribution in [0, 0.1) is 17.8 Å². The molecule has 33 heavy (non-hydrogen) atoms. The van der Waals surface area contributed by atoms with Crippen LogP contribution in [0.4, 0.5) is 0 Å². The third-order valence-electron chi connectivity index (χ3n) is 6.64. The van der Waals surface area contributed by atoms with Crippen molar-refractivity contribution in [3.8, 4) is 11.1 Å². The predicted octanol–water partition coefficient (Wildman–Crippen LogP) is 5.77. The van der Waals surface area contributed by atoms with Crippen LogP contribution in [0.15, 0.2) is 48.5 Å². The molecule has 178 valence electrons. The van der Waals surface area contributed by atoms with Crippen molar-refractivity contribution < 1.29 is 9.59 Å². The normalized spacial score (nSPS) is 16.0. The average Bonchev–Trinajstić information content (AvgIpc) is 2.73. The second-order valence-corrected chi connectivity index (χ2v) is 11.2. The largest absolute Gasteiger partial charge is 0.353 e. The van der Waals surface area contributed by atoms with E-state index in [9.17, 15) is 9.59 Å². The SMILES string of the molecule is Cc1ccccc1-c1ccccc1CC1(C(=O)NC(C)C)CCN(C(=O)CC(C)(C)C)CC1. The number of hydrogen-bond donors (Lipinski definition) is 1. The molecule has 1 N–H and O–H groups in total. The fraction of sp³-hybridized carbons (Fsp3) is 0.517. The number of carbonyl (C=O) groups is 2. The summed E-state index contributed by atoms with van der Waals surface area (Å²) in [5.41, 5.74) is 4.28. The van der Waals surface area contributed by atoms with Crippen LogP contribution in [0.25, 0.3) is 11.1 Å². The first kappa shape index (κ1) is 25.0. The molecular weight excluding hydrogens is 408 g/mol. The summed E-state index contributed by atoms with van der Waals surface area (Å²) in [4.78, 5) is 28.3. The van der Waals surface area contributed by atoms with Crippen molar-refractivity contribution in [2.75, 3.05) is 13.1 Å². The Balaban J connectivity index is 1.89. The predicted molar refractivity (Wildman–Crippen MR) is 136 cm³/mol. The van der Waals surface area contributed by atoms with Gasteiger partial charge in [0.05, 0.1) is 5.41 Å². The van der Waals surface area contributed by atoms with Crippen LogP contribution in [0.1, 0.15) is 65.0 Å². The molecule has 3 rings (SSSR count). The monoisotopic (exact) mass is 448 g/mol. The molecule has 4 heteroatoms. The van der Waals surface area contributed by atoms with E-state index in [2.05, 4.69) is 81.5 Å². The van der Waals surface area contributed by atoms with E-state index in [0.29, 0.717) is 38.8 Å². The first-order valence-corrected chi connectivity index (χ1v) is 12.2. The fourth-order valence-electron chi connectivity index (χ4n) is 4.83. The number of rotatable bonds is 6. The van der Waals surface area contributed by atoms with E-state index >= 15 is 0 Å². The van der Waals surface area contributed by atoms with Gasteiger partial charge in [-0.2, -0.15) is 0 Å². The van der Waals surface area contributed by atoms with E-state index < -0.39 is 5.41 Å². The molecule has 0 saturated carbocycles. The highest BCUT2D eigenvalue weighted by Gasteiger charge is 2.43. The summed E-state index contributed by atoms with van der Waals surface area (Å²) in [7, 11) is 0. The Morgan fingerprint density at radius 2 is 1.55 bits per heavy atom. The maximum atomic E-state index is 13.5. The highest BCUT2D eigenvalue weighted by Crippen LogP contribution is 2.39. The minimum Gasteiger partial charge on any atom is -0.353 e. The van der Waals surface area contributed by atoms with E-state index in [1.54, 1.807) is 0 Å². The molecule has 2 aromatic carbocycles. The van der Waals surface area contributed by atoms with Gasteiger partial charge in [0.25, 0.3) is 0 Å². The van der Waals surface area contributed by atoms with E-state index in [0.717, 1.165) is 0 Å². The summed E-state index contributed by atoms with van der Waals surface area (Å²) >= 11 is 0. The molecule has 1 fully saturated rings. The maximum absolute atomic E-state index is 13.5. The van der Waals surface area contributed by atoms with Crippen molar-refractivity contribution in [1.29, 1.82) is 0 Å². The number of piperidine rings is 1. The molecular formula is C29H40N2O2. The van der Waals surface area contributed by atoms with Gasteiger partial charge in [-0.1, -0.05) is 69.3 Å². The van der Waals surface area contributed by atoms with Gasteiger partial charge in [-0.05, 0) is 67.7 Å². The lowest BCUT2D eigenvalue weighted by Gasteiger charge is -2.42. The van der Waals surface area contributed by atoms with Crippen LogP contribution >= 0.6 is 0 Å². The van der Waals surface area contributed by atoms with Gasteiger partial charge < -0.3 is 10.2 Å². The zero-order valence-electron chi connectivity index (χ0n) is 21.2. The van der Waals surface area contributed by atoms with E-state index in [4.69, 9.17) is 0 Å². The minimum absolute atomic E-state index is 0.0346. The molecule has 0 aromatic heterocycles. The first-order valence-electron chi connectivity index (χ1n) is 12.2. The van der Waals surface area contributed by atoms with Gasteiger partial charge in [0.1, 0.15) is 0 Å². The summed E-state index contributed by atoms with van der Waals surface area (Å²) in [6.07, 6.45) is 2.58. The number of nitrogens with one attached hydrogen (secondary N) is 1. The molecule has 0 radical (unpaired) electrons. The van der Waals surface area contributed by atoms with Crippen LogP contribution in [0.2, 0.25) is 0 Å². The summed E-state index contributed by atoms with van der Waals surface area (Å²) in [5, 5.41) is 3.18. The van der Waals surface area contributed by atoms with Crippen molar-refractivity contribution in [1.82, 2.24) is 10.2 Å². The van der Waals surface area contributed by atoms with Crippen molar-refractivity contribution in [3.05, 3.63) is 59.7 Å². The standard InChI is InChI=1S/C29H40N2O2/c1-21(2)30-27(33)29(15-17-31(18-16-29)26(32)20-28(4,5)6)19-23-12-8-10-14-25(23)24-13-9-7-11-22(24)3/h7-14,21H,15-20H2,1-6H3,(H,30,33). The third-order valence-corrected chi connectivity index (χ3v) is 6.64. The summed E-state index contributed by atoms with van der Waals surface area (Å²) < 4.78 is 0. The summed E-state index contributed by atoms with van der Waals surface area (Å²) in [5.74, 6) is 0.306. The lowest BCUT2D eigenvalue weighted by Crippen LogP contribution is -2.52. The van der Waals surface area contributed by atoms with Gasteiger partial charge in [-0.15, -0.1) is 0 Å². The first-order chi connectivity index (χ1) is 15.5. The zero-order valence-corrected chi connectivity index (χ0v) is 21.2. The zero-order chi connectivity index (χ0) is 24.2. The Labute approximate surface area is 199 Å². The number of nitrogens with zero attached hydrogens (tertiary/aromatic N) is 1. The molecule has 1 aliphatic rings. The molecule has 0 atom stereocenters. The molecule has 0 bridgehead atoms. The Morgan fingerprint density at radius 1 is 0.970 bits per heavy atom. The number of amides is 2. The molecule has 0 aliphatic carbocycles. The quantitative estimate of drug-likeness (QED) is 0.609. The highest BCUT2D eigenvalue weighted by molar-refractivity contribution is 5.85. The second-order valence-electron chi connectivity index (χ2n) is 11.2. The Bertz CT molecular complexity index is 979. The molecule has 2 aromatic rings. The molecule has 0 unspecified atom stereocenters. The molecule has 1 aliphatic heterocycles. The number of hydrogen-bond acceptors (Lipinski definition) is 2. The van der Waals surface area contributed by atoms with Gasteiger partial charge in [0, 0.05) is 25.6 Å². The van der Waals surface area contributed by atoms with E-state index in [1.807, 2.05) is 18.7 Å². The van der Waals surface area contributed by atoms with Gasteiger partial charge >= 0.3 is 0 Å². The van der Waals surface area contributed by atoms with Crippen LogP contribution in [-0.2, 0) is 16.0 Å². The van der Waals surface area contributed by atoms with Crippen molar-refractivity contribution in [2.24, 2.45) is 10.8 Å². The Kier molecular flexibility index (Phi) is 7.66. The van der Waals surface area contributed by atoms with Crippen molar-refractivity contribution in [2.45, 2.75) is 73.3 Å². The number of carbonyl (C=O) groups excluding carboxylic acids is 2. The lowest BCUT2D eigenvalue weighted by atomic mass is 9.71. The number of likely N-dealkylation sites (tertiary alicyclic amines) is 1. The van der Waals surface area contributed by atoms with E-state index in [1.165, 1.54) is 22.3 Å². The van der Waals surface area contributed by atoms with Crippen LogP contribution < -0.4 is 5.32 Å². The number of benzene rings is 2. The second kappa shape index (κ2) is 10.1. The van der Waals surface area contributed by atoms with Crippen LogP contribution in [0.5, 0.6) is 0 Å². The van der Waals surface area contributed by atoms with Crippen molar-refractivity contribution >= 4 is 11.8 Å². The maximum Gasteiger partial charge on any atom is 0.226 e. The van der Waals surface area contributed by atoms with E-state index in [-0.39, 0.29) is 23.3 Å². The van der Waals surface area contributed by atoms with Gasteiger partial charge in [0.15, 0.2) is 0 Å². The molecule has 2 amide bonds. The number of aryl methyl sites for hydroxylation is 1. The minimum atomic E-state index is -0.512. The topological polar surface area (TPSA) is 49.4 Å². The Morgan fingerprint density at radius 3 is 2.12 bits per heavy atom. The summed E-state index contributed by atoms with van der Waals surface area (Å²) in [6.45, 7) is 13.7. The smallest absolute Gasteiger partial charge is 0.226 e. The fourth-order valence-corrected chi connectivity index (χ4v) is 4.83. The van der Waals surface area contributed by atoms with Crippen LogP contribution in [0.3, 0.4) is 0 Å². The van der Waals surface area contributed by atoms with Gasteiger partial charge in [-0.25, -0.2) is 0 Å². The van der Waals surface area contributed by atoms with Crippen LogP contribution in [-0.4, -0.2) is 35.8 Å². The summed E-state index contributed by atoms with van der Waals surface area (Å²) in [6, 6.07) is 16.9. The average molecular weight is 449 g/mol. The van der Waals surface area contributed by atoms with Gasteiger partial charge in [-0.3, -0.25) is 9.59 Å². The third kappa shape index (κ3) is 6.25. The molecule has 1 saturated heterocycles. The van der Waals surface area contributed by atoms with Gasteiger partial charge in [0.2, 0.25) is 11.8 Å². The lowest BCUT2D eigenvalue weighted by molar-refractivity contribution is -0.142. The molecule has 0 spiro atoms. The highest BCUT2D eigenvalue weighted by atomic mass is 16.2.